The quantitative estimate of drug-likeness (QED) is 0.291. The van der Waals surface area contributed by atoms with E-state index in [-0.39, 0.29) is 23.6 Å². The Balaban J connectivity index is 1.18. The molecule has 41 heavy (non-hydrogen) atoms. The first-order valence-electron chi connectivity index (χ1n) is 13.6. The van der Waals surface area contributed by atoms with Crippen LogP contribution in [0.25, 0.3) is 6.08 Å². The molecule has 2 amide bonds. The van der Waals surface area contributed by atoms with E-state index in [2.05, 4.69) is 11.4 Å². The maximum Gasteiger partial charge on any atom is 0.294 e. The number of anilines is 1. The normalized spacial score (nSPS) is 15.6. The summed E-state index contributed by atoms with van der Waals surface area (Å²) in [5, 5.41) is 3.03. The topological polar surface area (TPSA) is 77.1 Å². The van der Waals surface area contributed by atoms with Crippen LogP contribution in [0.1, 0.15) is 45.6 Å². The minimum absolute atomic E-state index is 0.199. The van der Waals surface area contributed by atoms with E-state index in [1.54, 1.807) is 35.2 Å². The van der Waals surface area contributed by atoms with Gasteiger partial charge in [-0.15, -0.1) is 0 Å². The number of ether oxygens (including phenoxy) is 3. The summed E-state index contributed by atoms with van der Waals surface area (Å²) in [7, 11) is 0. The first-order chi connectivity index (χ1) is 19.9. The van der Waals surface area contributed by atoms with E-state index < -0.39 is 0 Å². The summed E-state index contributed by atoms with van der Waals surface area (Å²) >= 11 is 0. The second-order valence-corrected chi connectivity index (χ2v) is 10.2. The first-order valence-corrected chi connectivity index (χ1v) is 13.6. The van der Waals surface area contributed by atoms with E-state index in [4.69, 9.17) is 14.2 Å². The number of hydrogen-bond donors (Lipinski definition) is 1. The molecule has 2 aliphatic heterocycles. The van der Waals surface area contributed by atoms with Crippen LogP contribution in [0, 0.1) is 6.92 Å². The first kappa shape index (κ1) is 26.2. The zero-order valence-electron chi connectivity index (χ0n) is 22.9. The molecular weight excluding hydrogens is 516 g/mol. The molecule has 1 N–H and O–H groups in total. The number of rotatable bonds is 6. The fraction of sp³-hybridized carbons (Fsp3) is 0.176. The Morgan fingerprint density at radius 2 is 1.68 bits per heavy atom. The van der Waals surface area contributed by atoms with Crippen molar-refractivity contribution in [1.82, 2.24) is 5.32 Å². The molecule has 1 unspecified atom stereocenters. The molecule has 4 aromatic carbocycles. The molecule has 4 aromatic rings. The Hall–Kier alpha value is -5.04. The average molecular weight is 547 g/mol. The Bertz CT molecular complexity index is 1640. The fourth-order valence-electron chi connectivity index (χ4n) is 4.99. The van der Waals surface area contributed by atoms with E-state index in [0.717, 1.165) is 27.9 Å². The van der Waals surface area contributed by atoms with Crippen molar-refractivity contribution >= 4 is 23.6 Å². The van der Waals surface area contributed by atoms with Gasteiger partial charge in [-0.2, -0.15) is 0 Å². The number of nitrogens with zero attached hydrogens (tertiary/aromatic N) is 1. The molecule has 0 saturated carbocycles. The second-order valence-electron chi connectivity index (χ2n) is 10.2. The predicted molar refractivity (Wildman–Crippen MR) is 157 cm³/mol. The lowest BCUT2D eigenvalue weighted by molar-refractivity contribution is -0.117. The second kappa shape index (κ2) is 11.2. The number of carbonyl (C=O) groups excluding carboxylic acids is 2. The minimum Gasteiger partial charge on any atom is -0.486 e. The van der Waals surface area contributed by atoms with Crippen LogP contribution in [-0.4, -0.2) is 25.0 Å². The number of benzene rings is 4. The molecule has 6 rings (SSSR count). The summed E-state index contributed by atoms with van der Waals surface area (Å²) in [6.45, 7) is 5.43. The molecule has 7 nitrogen and oxygen atoms in total. The number of aryl methyl sites for hydroxylation is 1. The predicted octanol–water partition coefficient (Wildman–Crippen LogP) is 6.22. The highest BCUT2D eigenvalue weighted by Crippen LogP contribution is 2.37. The Labute approximate surface area is 239 Å². The van der Waals surface area contributed by atoms with Crippen LogP contribution in [-0.2, 0) is 11.3 Å². The van der Waals surface area contributed by atoms with E-state index in [1.165, 1.54) is 0 Å². The summed E-state index contributed by atoms with van der Waals surface area (Å²) in [6, 6.07) is 28.2. The SMILES string of the molecule is Cc1cccc(CN2C(=O)C(=Cc3ccc(C(=O)NC(C)c4ccc5c(c4)OCCO5)cc3)Oc3ccccc32)c1. The lowest BCUT2D eigenvalue weighted by atomic mass is 10.1. The number of hydrogen-bond acceptors (Lipinski definition) is 5. The molecule has 0 aliphatic carbocycles. The zero-order chi connectivity index (χ0) is 28.3. The molecule has 2 heterocycles. The van der Waals surface area contributed by atoms with Gasteiger partial charge in [0.25, 0.3) is 11.8 Å². The van der Waals surface area contributed by atoms with Gasteiger partial charge in [0.2, 0.25) is 0 Å². The Kier molecular flexibility index (Phi) is 7.17. The van der Waals surface area contributed by atoms with Gasteiger partial charge in [-0.3, -0.25) is 14.5 Å². The fourth-order valence-corrected chi connectivity index (χ4v) is 4.99. The van der Waals surface area contributed by atoms with Gasteiger partial charge in [-0.05, 0) is 73.0 Å². The van der Waals surface area contributed by atoms with Crippen molar-refractivity contribution in [2.75, 3.05) is 18.1 Å². The third kappa shape index (κ3) is 5.65. The van der Waals surface area contributed by atoms with E-state index >= 15 is 0 Å². The van der Waals surface area contributed by atoms with Gasteiger partial charge in [0.15, 0.2) is 23.0 Å². The van der Waals surface area contributed by atoms with Crippen molar-refractivity contribution in [3.8, 4) is 17.2 Å². The molecule has 7 heteroatoms. The molecule has 0 spiro atoms. The molecule has 1 atom stereocenters. The monoisotopic (exact) mass is 546 g/mol. The van der Waals surface area contributed by atoms with Crippen LogP contribution in [0.5, 0.6) is 17.2 Å². The van der Waals surface area contributed by atoms with Crippen molar-refractivity contribution in [2.24, 2.45) is 0 Å². The highest BCUT2D eigenvalue weighted by atomic mass is 16.6. The summed E-state index contributed by atoms with van der Waals surface area (Å²) in [5.74, 6) is 1.82. The summed E-state index contributed by atoms with van der Waals surface area (Å²) in [4.78, 5) is 28.3. The number of nitrogens with one attached hydrogen (secondary N) is 1. The molecule has 0 aromatic heterocycles. The van der Waals surface area contributed by atoms with Crippen molar-refractivity contribution in [3.63, 3.8) is 0 Å². The molecular formula is C34H30N2O5. The maximum absolute atomic E-state index is 13.6. The van der Waals surface area contributed by atoms with Crippen LogP contribution in [0.15, 0.2) is 96.8 Å². The molecule has 0 saturated heterocycles. The third-order valence-corrected chi connectivity index (χ3v) is 7.14. The highest BCUT2D eigenvalue weighted by Gasteiger charge is 2.30. The molecule has 0 fully saturated rings. The van der Waals surface area contributed by atoms with Gasteiger partial charge in [0, 0.05) is 5.56 Å². The minimum atomic E-state index is -0.229. The highest BCUT2D eigenvalue weighted by molar-refractivity contribution is 6.09. The van der Waals surface area contributed by atoms with E-state index in [1.807, 2.05) is 74.5 Å². The smallest absolute Gasteiger partial charge is 0.294 e. The third-order valence-electron chi connectivity index (χ3n) is 7.14. The van der Waals surface area contributed by atoms with Crippen molar-refractivity contribution in [3.05, 3.63) is 125 Å². The number of para-hydroxylation sites is 2. The summed E-state index contributed by atoms with van der Waals surface area (Å²) in [6.07, 6.45) is 1.71. The van der Waals surface area contributed by atoms with Crippen molar-refractivity contribution in [1.29, 1.82) is 0 Å². The maximum atomic E-state index is 13.6. The van der Waals surface area contributed by atoms with Crippen LogP contribution < -0.4 is 24.4 Å². The summed E-state index contributed by atoms with van der Waals surface area (Å²) < 4.78 is 17.3. The Morgan fingerprint density at radius 3 is 2.49 bits per heavy atom. The number of carbonyl (C=O) groups is 2. The number of fused-ring (bicyclic) bond motifs is 2. The average Bonchev–Trinajstić information content (AvgIpc) is 2.99. The van der Waals surface area contributed by atoms with Gasteiger partial charge in [0.05, 0.1) is 18.3 Å². The van der Waals surface area contributed by atoms with Crippen LogP contribution in [0.3, 0.4) is 0 Å². The standard InChI is InChI=1S/C34H30N2O5/c1-22-6-5-7-25(18-22)21-36-28-8-3-4-9-29(28)41-32(34(36)38)19-24-10-12-26(13-11-24)33(37)35-23(2)27-14-15-30-31(20-27)40-17-16-39-30/h3-15,18-20,23H,16-17,21H2,1-2H3,(H,35,37). The van der Waals surface area contributed by atoms with Gasteiger partial charge >= 0.3 is 0 Å². The number of amides is 2. The van der Waals surface area contributed by atoms with Crippen LogP contribution in [0.2, 0.25) is 0 Å². The van der Waals surface area contributed by atoms with E-state index in [0.29, 0.717) is 42.6 Å². The largest absolute Gasteiger partial charge is 0.486 e. The van der Waals surface area contributed by atoms with Gasteiger partial charge in [-0.1, -0.05) is 60.2 Å². The van der Waals surface area contributed by atoms with Crippen LogP contribution in [0.4, 0.5) is 5.69 Å². The molecule has 0 bridgehead atoms. The van der Waals surface area contributed by atoms with Gasteiger partial charge in [-0.25, -0.2) is 0 Å². The molecule has 0 radical (unpaired) electrons. The van der Waals surface area contributed by atoms with Gasteiger partial charge in [0.1, 0.15) is 13.2 Å². The van der Waals surface area contributed by atoms with Crippen molar-refractivity contribution < 1.29 is 23.8 Å². The molecule has 2 aliphatic rings. The van der Waals surface area contributed by atoms with Crippen LogP contribution >= 0.6 is 0 Å². The van der Waals surface area contributed by atoms with E-state index in [9.17, 15) is 9.59 Å². The lowest BCUT2D eigenvalue weighted by Gasteiger charge is -2.30. The van der Waals surface area contributed by atoms with Gasteiger partial charge < -0.3 is 19.5 Å². The molecule has 206 valence electrons. The zero-order valence-corrected chi connectivity index (χ0v) is 22.9. The Morgan fingerprint density at radius 1 is 0.902 bits per heavy atom. The van der Waals surface area contributed by atoms with Crippen molar-refractivity contribution in [2.45, 2.75) is 26.4 Å². The lowest BCUT2D eigenvalue weighted by Crippen LogP contribution is -2.36. The summed E-state index contributed by atoms with van der Waals surface area (Å²) in [5.41, 5.74) is 5.09.